The van der Waals surface area contributed by atoms with E-state index in [2.05, 4.69) is 0 Å². The maximum atomic E-state index is 12.2. The largest absolute Gasteiger partial charge is 0.497 e. The highest BCUT2D eigenvalue weighted by atomic mass is 35.5. The Balaban J connectivity index is 2.15. The smallest absolute Gasteiger partial charge is 0.167 e. The predicted octanol–water partition coefficient (Wildman–Crippen LogP) is 4.08. The van der Waals surface area contributed by atoms with Gasteiger partial charge in [-0.05, 0) is 48.4 Å². The van der Waals surface area contributed by atoms with Gasteiger partial charge in [0.25, 0.3) is 0 Å². The van der Waals surface area contributed by atoms with Gasteiger partial charge in [0.15, 0.2) is 5.78 Å². The van der Waals surface area contributed by atoms with Crippen LogP contribution in [-0.2, 0) is 6.42 Å². The van der Waals surface area contributed by atoms with Crippen molar-refractivity contribution in [2.45, 2.75) is 13.3 Å². The fourth-order valence-corrected chi connectivity index (χ4v) is 2.19. The molecule has 3 heteroatoms. The Bertz CT molecular complexity index is 588. The third-order valence-electron chi connectivity index (χ3n) is 3.01. The Morgan fingerprint density at radius 3 is 2.42 bits per heavy atom. The van der Waals surface area contributed by atoms with Crippen molar-refractivity contribution >= 4 is 17.4 Å². The van der Waals surface area contributed by atoms with Crippen LogP contribution in [0.25, 0.3) is 0 Å². The molecule has 0 heterocycles. The molecule has 2 aromatic rings. The van der Waals surface area contributed by atoms with Crippen LogP contribution in [0.1, 0.15) is 21.5 Å². The summed E-state index contributed by atoms with van der Waals surface area (Å²) in [6.45, 7) is 1.90. The molecule has 0 atom stereocenters. The predicted molar refractivity (Wildman–Crippen MR) is 77.2 cm³/mol. The van der Waals surface area contributed by atoms with Crippen LogP contribution >= 0.6 is 11.6 Å². The van der Waals surface area contributed by atoms with Crippen LogP contribution < -0.4 is 4.74 Å². The number of aryl methyl sites for hydroxylation is 1. The molecule has 0 amide bonds. The lowest BCUT2D eigenvalue weighted by Crippen LogP contribution is -2.05. The lowest BCUT2D eigenvalue weighted by atomic mass is 9.99. The fraction of sp³-hybridized carbons (Fsp3) is 0.188. The van der Waals surface area contributed by atoms with Crippen molar-refractivity contribution in [3.63, 3.8) is 0 Å². The normalized spacial score (nSPS) is 10.3. The number of carbonyl (C=O) groups is 1. The molecule has 0 aliphatic heterocycles. The zero-order chi connectivity index (χ0) is 13.8. The average molecular weight is 275 g/mol. The van der Waals surface area contributed by atoms with E-state index in [4.69, 9.17) is 16.3 Å². The van der Waals surface area contributed by atoms with E-state index in [9.17, 15) is 4.79 Å². The molecule has 0 saturated heterocycles. The lowest BCUT2D eigenvalue weighted by molar-refractivity contribution is 0.0992. The Hall–Kier alpha value is -1.80. The van der Waals surface area contributed by atoms with E-state index in [1.54, 1.807) is 19.2 Å². The summed E-state index contributed by atoms with van der Waals surface area (Å²) in [5.41, 5.74) is 2.60. The Morgan fingerprint density at radius 1 is 1.16 bits per heavy atom. The second-order valence-corrected chi connectivity index (χ2v) is 4.84. The van der Waals surface area contributed by atoms with E-state index in [0.717, 1.165) is 22.4 Å². The summed E-state index contributed by atoms with van der Waals surface area (Å²) in [4.78, 5) is 12.2. The van der Waals surface area contributed by atoms with Crippen molar-refractivity contribution in [3.8, 4) is 5.75 Å². The van der Waals surface area contributed by atoms with Gasteiger partial charge in [0, 0.05) is 17.0 Å². The van der Waals surface area contributed by atoms with Crippen molar-refractivity contribution in [2.75, 3.05) is 7.11 Å². The molecule has 2 nitrogen and oxygen atoms in total. The molecule has 2 rings (SSSR count). The number of carbonyl (C=O) groups excluding carboxylic acids is 1. The minimum absolute atomic E-state index is 0.0966. The van der Waals surface area contributed by atoms with Gasteiger partial charge in [0.2, 0.25) is 0 Å². The number of hydrogen-bond donors (Lipinski definition) is 0. The number of methoxy groups -OCH3 is 1. The van der Waals surface area contributed by atoms with Gasteiger partial charge < -0.3 is 4.74 Å². The number of Topliss-reactive ketones (excluding diaryl/α,β-unsaturated/α-hetero) is 1. The summed E-state index contributed by atoms with van der Waals surface area (Å²) in [5, 5.41) is 0.651. The van der Waals surface area contributed by atoms with Crippen molar-refractivity contribution in [1.29, 1.82) is 0 Å². The van der Waals surface area contributed by atoms with Crippen molar-refractivity contribution < 1.29 is 9.53 Å². The first kappa shape index (κ1) is 13.6. The minimum Gasteiger partial charge on any atom is -0.497 e. The van der Waals surface area contributed by atoms with Crippen LogP contribution in [0.5, 0.6) is 5.75 Å². The maximum absolute atomic E-state index is 12.2. The number of rotatable bonds is 4. The number of ketones is 1. The Kier molecular flexibility index (Phi) is 4.23. The second kappa shape index (κ2) is 5.89. The molecule has 0 radical (unpaired) electrons. The highest BCUT2D eigenvalue weighted by molar-refractivity contribution is 6.30. The van der Waals surface area contributed by atoms with E-state index in [1.807, 2.05) is 37.3 Å². The summed E-state index contributed by atoms with van der Waals surface area (Å²) >= 11 is 5.89. The van der Waals surface area contributed by atoms with Crippen LogP contribution in [0.3, 0.4) is 0 Å². The van der Waals surface area contributed by atoms with Gasteiger partial charge in [-0.3, -0.25) is 4.79 Å². The first-order valence-corrected chi connectivity index (χ1v) is 6.40. The zero-order valence-electron chi connectivity index (χ0n) is 10.9. The monoisotopic (exact) mass is 274 g/mol. The van der Waals surface area contributed by atoms with Crippen molar-refractivity contribution in [3.05, 3.63) is 64.2 Å². The van der Waals surface area contributed by atoms with Gasteiger partial charge in [-0.1, -0.05) is 23.7 Å². The molecular formula is C16H15ClO2. The van der Waals surface area contributed by atoms with E-state index in [0.29, 0.717) is 11.4 Å². The van der Waals surface area contributed by atoms with Crippen LogP contribution in [0.15, 0.2) is 42.5 Å². The third kappa shape index (κ3) is 3.36. The summed E-state index contributed by atoms with van der Waals surface area (Å²) in [7, 11) is 1.62. The van der Waals surface area contributed by atoms with Crippen LogP contribution in [0.2, 0.25) is 5.02 Å². The van der Waals surface area contributed by atoms with Gasteiger partial charge in [-0.15, -0.1) is 0 Å². The molecule has 0 aromatic heterocycles. The summed E-state index contributed by atoms with van der Waals surface area (Å²) in [5.74, 6) is 0.887. The molecule has 19 heavy (non-hydrogen) atoms. The van der Waals surface area contributed by atoms with E-state index >= 15 is 0 Å². The molecule has 0 aliphatic carbocycles. The van der Waals surface area contributed by atoms with Crippen LogP contribution in [0, 0.1) is 6.92 Å². The molecule has 0 fully saturated rings. The summed E-state index contributed by atoms with van der Waals surface area (Å²) < 4.78 is 5.09. The number of benzene rings is 2. The molecule has 0 N–H and O–H groups in total. The Labute approximate surface area is 118 Å². The summed E-state index contributed by atoms with van der Waals surface area (Å²) in [6.07, 6.45) is 0.381. The standard InChI is InChI=1S/C16H15ClO2/c1-11-9-13(17)5-8-15(11)16(18)10-12-3-6-14(19-2)7-4-12/h3-9H,10H2,1-2H3. The molecule has 0 spiro atoms. The average Bonchev–Trinajstić information content (AvgIpc) is 2.39. The topological polar surface area (TPSA) is 26.3 Å². The first-order valence-electron chi connectivity index (χ1n) is 6.02. The second-order valence-electron chi connectivity index (χ2n) is 4.41. The molecule has 2 aromatic carbocycles. The van der Waals surface area contributed by atoms with Gasteiger partial charge in [-0.25, -0.2) is 0 Å². The van der Waals surface area contributed by atoms with Crippen molar-refractivity contribution in [1.82, 2.24) is 0 Å². The van der Waals surface area contributed by atoms with Gasteiger partial charge >= 0.3 is 0 Å². The third-order valence-corrected chi connectivity index (χ3v) is 3.25. The maximum Gasteiger partial charge on any atom is 0.167 e. The van der Waals surface area contributed by atoms with Gasteiger partial charge in [-0.2, -0.15) is 0 Å². The quantitative estimate of drug-likeness (QED) is 0.785. The number of hydrogen-bond acceptors (Lipinski definition) is 2. The van der Waals surface area contributed by atoms with Gasteiger partial charge in [0.1, 0.15) is 5.75 Å². The van der Waals surface area contributed by atoms with E-state index in [1.165, 1.54) is 0 Å². The summed E-state index contributed by atoms with van der Waals surface area (Å²) in [6, 6.07) is 12.9. The zero-order valence-corrected chi connectivity index (χ0v) is 11.7. The fourth-order valence-electron chi connectivity index (χ4n) is 1.96. The molecule has 0 unspecified atom stereocenters. The minimum atomic E-state index is 0.0966. The SMILES string of the molecule is COc1ccc(CC(=O)c2ccc(Cl)cc2C)cc1. The molecular weight excluding hydrogens is 260 g/mol. The molecule has 0 bridgehead atoms. The molecule has 0 saturated carbocycles. The molecule has 98 valence electrons. The molecule has 0 aliphatic rings. The van der Waals surface area contributed by atoms with E-state index in [-0.39, 0.29) is 5.78 Å². The first-order chi connectivity index (χ1) is 9.10. The van der Waals surface area contributed by atoms with Crippen LogP contribution in [-0.4, -0.2) is 12.9 Å². The lowest BCUT2D eigenvalue weighted by Gasteiger charge is -2.06. The number of ether oxygens (including phenoxy) is 1. The highest BCUT2D eigenvalue weighted by Gasteiger charge is 2.10. The highest BCUT2D eigenvalue weighted by Crippen LogP contribution is 2.18. The van der Waals surface area contributed by atoms with E-state index < -0.39 is 0 Å². The Morgan fingerprint density at radius 2 is 1.84 bits per heavy atom. The van der Waals surface area contributed by atoms with Crippen molar-refractivity contribution in [2.24, 2.45) is 0 Å². The van der Waals surface area contributed by atoms with Crippen LogP contribution in [0.4, 0.5) is 0 Å². The van der Waals surface area contributed by atoms with Gasteiger partial charge in [0.05, 0.1) is 7.11 Å². The number of halogens is 1.